The van der Waals surface area contributed by atoms with Crippen LogP contribution in [0.25, 0.3) is 0 Å². The zero-order chi connectivity index (χ0) is 13.0. The molecule has 1 aliphatic heterocycles. The molecule has 0 bridgehead atoms. The van der Waals surface area contributed by atoms with Gasteiger partial charge in [0.25, 0.3) is 0 Å². The molecule has 1 heteroatoms. The summed E-state index contributed by atoms with van der Waals surface area (Å²) in [4.78, 5) is 0. The van der Waals surface area contributed by atoms with Gasteiger partial charge in [-0.25, -0.2) is 0 Å². The molecule has 1 aromatic rings. The Kier molecular flexibility index (Phi) is 4.45. The number of aryl methyl sites for hydroxylation is 2. The Bertz CT molecular complexity index is 368. The summed E-state index contributed by atoms with van der Waals surface area (Å²) in [6.45, 7) is 8.82. The van der Waals surface area contributed by atoms with Gasteiger partial charge in [0.15, 0.2) is 0 Å². The summed E-state index contributed by atoms with van der Waals surface area (Å²) in [6, 6.07) is 6.63. The number of hydrogen-bond donors (Lipinski definition) is 0. The second-order valence-electron chi connectivity index (χ2n) is 6.15. The van der Waals surface area contributed by atoms with Crippen molar-refractivity contribution in [3.8, 4) is 0 Å². The summed E-state index contributed by atoms with van der Waals surface area (Å²) in [5.74, 6) is 0. The first-order valence-corrected chi connectivity index (χ1v) is 7.24. The van der Waals surface area contributed by atoms with Crippen molar-refractivity contribution in [1.29, 1.82) is 0 Å². The molecular weight excluding hydrogens is 220 g/mol. The van der Waals surface area contributed by atoms with Crippen LogP contribution in [0.4, 0.5) is 0 Å². The van der Waals surface area contributed by atoms with Gasteiger partial charge in [-0.15, -0.1) is 0 Å². The lowest BCUT2D eigenvalue weighted by molar-refractivity contribution is 0.0189. The molecule has 0 spiro atoms. The molecule has 18 heavy (non-hydrogen) atoms. The molecule has 0 unspecified atom stereocenters. The van der Waals surface area contributed by atoms with Gasteiger partial charge in [-0.3, -0.25) is 0 Å². The van der Waals surface area contributed by atoms with Gasteiger partial charge in [0.1, 0.15) is 0 Å². The molecule has 1 aliphatic rings. The zero-order valence-corrected chi connectivity index (χ0v) is 12.1. The minimum atomic E-state index is 0.523. The van der Waals surface area contributed by atoms with Gasteiger partial charge in [0.2, 0.25) is 0 Å². The topological polar surface area (TPSA) is 9.23 Å². The summed E-state index contributed by atoms with van der Waals surface area (Å²) < 4.78 is 5.47. The molecule has 1 fully saturated rings. The molecule has 0 radical (unpaired) electrons. The minimum Gasteiger partial charge on any atom is -0.381 e. The van der Waals surface area contributed by atoms with E-state index in [1.54, 1.807) is 5.56 Å². The molecule has 2 rings (SSSR count). The van der Waals surface area contributed by atoms with Gasteiger partial charge in [0.05, 0.1) is 0 Å². The van der Waals surface area contributed by atoms with Gasteiger partial charge in [0, 0.05) is 13.2 Å². The van der Waals surface area contributed by atoms with Crippen LogP contribution in [0, 0.1) is 19.3 Å². The smallest absolute Gasteiger partial charge is 0.0471 e. The molecule has 100 valence electrons. The third kappa shape index (κ3) is 3.35. The molecule has 1 saturated heterocycles. The maximum atomic E-state index is 5.47. The van der Waals surface area contributed by atoms with E-state index in [9.17, 15) is 0 Å². The SMILES string of the molecule is Cc1cccc(C)c1CCCC1(C)CCOCC1. The second kappa shape index (κ2) is 5.88. The Morgan fingerprint density at radius 2 is 1.72 bits per heavy atom. The van der Waals surface area contributed by atoms with Gasteiger partial charge < -0.3 is 4.74 Å². The van der Waals surface area contributed by atoms with E-state index in [1.807, 2.05) is 0 Å². The van der Waals surface area contributed by atoms with Crippen molar-refractivity contribution < 1.29 is 4.74 Å². The van der Waals surface area contributed by atoms with E-state index < -0.39 is 0 Å². The largest absolute Gasteiger partial charge is 0.381 e. The summed E-state index contributed by atoms with van der Waals surface area (Å²) in [6.07, 6.45) is 6.35. The Morgan fingerprint density at radius 3 is 2.33 bits per heavy atom. The Labute approximate surface area is 112 Å². The van der Waals surface area contributed by atoms with Crippen LogP contribution in [0.5, 0.6) is 0 Å². The van der Waals surface area contributed by atoms with Gasteiger partial charge in [-0.2, -0.15) is 0 Å². The molecular formula is C17H26O. The van der Waals surface area contributed by atoms with Crippen LogP contribution < -0.4 is 0 Å². The van der Waals surface area contributed by atoms with Crippen LogP contribution in [0.1, 0.15) is 49.3 Å². The maximum absolute atomic E-state index is 5.47. The van der Waals surface area contributed by atoms with Crippen LogP contribution >= 0.6 is 0 Å². The van der Waals surface area contributed by atoms with Crippen LogP contribution in [0.2, 0.25) is 0 Å². The highest BCUT2D eigenvalue weighted by molar-refractivity contribution is 5.33. The Hall–Kier alpha value is -0.820. The Morgan fingerprint density at radius 1 is 1.11 bits per heavy atom. The predicted octanol–water partition coefficient (Wildman–Crippen LogP) is 4.44. The normalized spacial score (nSPS) is 18.8. The van der Waals surface area contributed by atoms with Crippen LogP contribution in [-0.4, -0.2) is 13.2 Å². The molecule has 0 amide bonds. The predicted molar refractivity (Wildman–Crippen MR) is 77.0 cm³/mol. The molecule has 1 nitrogen and oxygen atoms in total. The lowest BCUT2D eigenvalue weighted by Crippen LogP contribution is -2.26. The van der Waals surface area contributed by atoms with Crippen molar-refractivity contribution >= 4 is 0 Å². The van der Waals surface area contributed by atoms with Crippen molar-refractivity contribution in [2.45, 2.75) is 52.9 Å². The van der Waals surface area contributed by atoms with Gasteiger partial charge in [-0.1, -0.05) is 25.1 Å². The van der Waals surface area contributed by atoms with Crippen LogP contribution in [0.15, 0.2) is 18.2 Å². The van der Waals surface area contributed by atoms with Crippen molar-refractivity contribution in [3.63, 3.8) is 0 Å². The molecule has 1 heterocycles. The highest BCUT2D eigenvalue weighted by Gasteiger charge is 2.26. The van der Waals surface area contributed by atoms with E-state index in [2.05, 4.69) is 39.0 Å². The average molecular weight is 246 g/mol. The summed E-state index contributed by atoms with van der Waals surface area (Å²) in [7, 11) is 0. The minimum absolute atomic E-state index is 0.523. The number of hydrogen-bond acceptors (Lipinski definition) is 1. The first-order valence-electron chi connectivity index (χ1n) is 7.24. The fraction of sp³-hybridized carbons (Fsp3) is 0.647. The molecule has 0 atom stereocenters. The lowest BCUT2D eigenvalue weighted by atomic mass is 9.77. The van der Waals surface area contributed by atoms with Crippen molar-refractivity contribution in [3.05, 3.63) is 34.9 Å². The third-order valence-electron chi connectivity index (χ3n) is 4.55. The van der Waals surface area contributed by atoms with Gasteiger partial charge in [-0.05, 0) is 68.1 Å². The molecule has 0 N–H and O–H groups in total. The third-order valence-corrected chi connectivity index (χ3v) is 4.55. The van der Waals surface area contributed by atoms with E-state index in [0.717, 1.165) is 13.2 Å². The van der Waals surface area contributed by atoms with Crippen LogP contribution in [-0.2, 0) is 11.2 Å². The lowest BCUT2D eigenvalue weighted by Gasteiger charge is -2.33. The number of benzene rings is 1. The highest BCUT2D eigenvalue weighted by Crippen LogP contribution is 2.35. The summed E-state index contributed by atoms with van der Waals surface area (Å²) in [5.41, 5.74) is 4.99. The van der Waals surface area contributed by atoms with E-state index in [-0.39, 0.29) is 0 Å². The van der Waals surface area contributed by atoms with E-state index in [0.29, 0.717) is 5.41 Å². The maximum Gasteiger partial charge on any atom is 0.0471 e. The molecule has 1 aromatic carbocycles. The monoisotopic (exact) mass is 246 g/mol. The molecule has 0 aliphatic carbocycles. The first-order chi connectivity index (χ1) is 8.61. The van der Waals surface area contributed by atoms with Crippen LogP contribution in [0.3, 0.4) is 0 Å². The fourth-order valence-electron chi connectivity index (χ4n) is 3.05. The van der Waals surface area contributed by atoms with Crippen molar-refractivity contribution in [2.24, 2.45) is 5.41 Å². The standard InChI is InChI=1S/C17H26O/c1-14-6-4-7-15(2)16(14)8-5-9-17(3)10-12-18-13-11-17/h4,6-7H,5,8-13H2,1-3H3. The van der Waals surface area contributed by atoms with E-state index in [1.165, 1.54) is 43.2 Å². The second-order valence-corrected chi connectivity index (χ2v) is 6.15. The highest BCUT2D eigenvalue weighted by atomic mass is 16.5. The van der Waals surface area contributed by atoms with E-state index >= 15 is 0 Å². The van der Waals surface area contributed by atoms with E-state index in [4.69, 9.17) is 4.74 Å². The molecule has 0 saturated carbocycles. The Balaban J connectivity index is 1.88. The quantitative estimate of drug-likeness (QED) is 0.763. The fourth-order valence-corrected chi connectivity index (χ4v) is 3.05. The van der Waals surface area contributed by atoms with Gasteiger partial charge >= 0.3 is 0 Å². The molecule has 0 aromatic heterocycles. The zero-order valence-electron chi connectivity index (χ0n) is 12.1. The van der Waals surface area contributed by atoms with Crippen molar-refractivity contribution in [2.75, 3.05) is 13.2 Å². The summed E-state index contributed by atoms with van der Waals surface area (Å²) in [5, 5.41) is 0. The number of ether oxygens (including phenoxy) is 1. The summed E-state index contributed by atoms with van der Waals surface area (Å²) >= 11 is 0. The first kappa shape index (κ1) is 13.6. The average Bonchev–Trinajstić information content (AvgIpc) is 2.34. The van der Waals surface area contributed by atoms with Crippen molar-refractivity contribution in [1.82, 2.24) is 0 Å². The number of rotatable bonds is 4.